The van der Waals surface area contributed by atoms with Crippen LogP contribution in [-0.4, -0.2) is 54.7 Å². The van der Waals surface area contributed by atoms with Gasteiger partial charge in [0.2, 0.25) is 5.91 Å². The van der Waals surface area contributed by atoms with Crippen LogP contribution in [0.4, 0.5) is 5.82 Å². The Morgan fingerprint density at radius 2 is 2.12 bits per heavy atom. The Balaban J connectivity index is 1.54. The molecule has 0 aromatic carbocycles. The summed E-state index contributed by atoms with van der Waals surface area (Å²) in [7, 11) is 0. The number of fused-ring (bicyclic) bond motifs is 1. The van der Waals surface area contributed by atoms with Crippen LogP contribution in [0.1, 0.15) is 20.8 Å². The minimum Gasteiger partial charge on any atom is -0.367 e. The first-order valence-corrected chi connectivity index (χ1v) is 8.66. The van der Waals surface area contributed by atoms with Crippen molar-refractivity contribution in [1.82, 2.24) is 29.7 Å². The molecule has 1 unspecified atom stereocenters. The lowest BCUT2D eigenvalue weighted by molar-refractivity contribution is -0.159. The molecule has 1 aliphatic heterocycles. The van der Waals surface area contributed by atoms with E-state index in [1.165, 1.54) is 0 Å². The molecule has 1 atom stereocenters. The van der Waals surface area contributed by atoms with Gasteiger partial charge in [0.05, 0.1) is 5.41 Å². The second-order valence-electron chi connectivity index (χ2n) is 7.19. The molecule has 0 saturated carbocycles. The average Bonchev–Trinajstić information content (AvgIpc) is 3.08. The highest BCUT2D eigenvalue weighted by Gasteiger charge is 2.48. The van der Waals surface area contributed by atoms with Crippen LogP contribution in [0.2, 0.25) is 0 Å². The summed E-state index contributed by atoms with van der Waals surface area (Å²) in [5.74, 6) is 1.49. The molecule has 4 heterocycles. The lowest BCUT2D eigenvalue weighted by Gasteiger charge is -2.49. The number of nitrogens with one attached hydrogen (secondary N) is 1. The van der Waals surface area contributed by atoms with Gasteiger partial charge in [-0.2, -0.15) is 4.52 Å². The van der Waals surface area contributed by atoms with Crippen LogP contribution in [0.5, 0.6) is 0 Å². The van der Waals surface area contributed by atoms with Crippen LogP contribution in [0.15, 0.2) is 36.7 Å². The van der Waals surface area contributed by atoms with Gasteiger partial charge in [-0.1, -0.05) is 0 Å². The van der Waals surface area contributed by atoms with Crippen molar-refractivity contribution in [1.29, 1.82) is 0 Å². The van der Waals surface area contributed by atoms with E-state index < -0.39 is 0 Å². The number of carbonyl (C=O) groups is 1. The number of amides is 1. The molecule has 8 nitrogen and oxygen atoms in total. The maximum absolute atomic E-state index is 12.4. The van der Waals surface area contributed by atoms with Crippen molar-refractivity contribution in [2.24, 2.45) is 5.41 Å². The smallest absolute Gasteiger partial charge is 0.232 e. The molecule has 134 valence electrons. The van der Waals surface area contributed by atoms with E-state index >= 15 is 0 Å². The number of anilines is 1. The Bertz CT molecular complexity index is 953. The van der Waals surface area contributed by atoms with E-state index in [4.69, 9.17) is 0 Å². The van der Waals surface area contributed by atoms with Gasteiger partial charge in [-0.15, -0.1) is 15.3 Å². The summed E-state index contributed by atoms with van der Waals surface area (Å²) in [6.45, 7) is 7.35. The fourth-order valence-corrected chi connectivity index (χ4v) is 3.16. The number of hydrogen-bond donors (Lipinski definition) is 1. The zero-order chi connectivity index (χ0) is 18.3. The fourth-order valence-electron chi connectivity index (χ4n) is 3.16. The number of carbonyl (C=O) groups excluding carboxylic acids is 1. The van der Waals surface area contributed by atoms with E-state index in [9.17, 15) is 4.79 Å². The van der Waals surface area contributed by atoms with Crippen LogP contribution < -0.4 is 5.32 Å². The van der Waals surface area contributed by atoms with Crippen molar-refractivity contribution in [2.45, 2.75) is 26.8 Å². The molecule has 4 rings (SSSR count). The molecule has 1 saturated heterocycles. The second-order valence-corrected chi connectivity index (χ2v) is 7.19. The highest BCUT2D eigenvalue weighted by atomic mass is 16.2. The molecule has 0 bridgehead atoms. The number of pyridine rings is 1. The molecule has 8 heteroatoms. The summed E-state index contributed by atoms with van der Waals surface area (Å²) in [5, 5.41) is 16.2. The average molecular weight is 351 g/mol. The van der Waals surface area contributed by atoms with E-state index in [1.54, 1.807) is 16.9 Å². The zero-order valence-electron chi connectivity index (χ0n) is 15.0. The molecule has 26 heavy (non-hydrogen) atoms. The molecule has 0 radical (unpaired) electrons. The number of likely N-dealkylation sites (tertiary alicyclic amines) is 1. The molecular weight excluding hydrogens is 330 g/mol. The number of rotatable bonds is 5. The van der Waals surface area contributed by atoms with Crippen molar-refractivity contribution in [2.75, 3.05) is 18.4 Å². The van der Waals surface area contributed by atoms with Crippen LogP contribution in [0.3, 0.4) is 0 Å². The number of aromatic nitrogens is 5. The highest BCUT2D eigenvalue weighted by molar-refractivity contribution is 5.89. The Morgan fingerprint density at radius 3 is 2.81 bits per heavy atom. The molecule has 1 aliphatic rings. The van der Waals surface area contributed by atoms with Crippen LogP contribution in [0, 0.1) is 5.41 Å². The van der Waals surface area contributed by atoms with Crippen LogP contribution >= 0.6 is 0 Å². The summed E-state index contributed by atoms with van der Waals surface area (Å²) in [5.41, 5.74) is 1.12. The zero-order valence-corrected chi connectivity index (χ0v) is 15.0. The molecule has 1 fully saturated rings. The van der Waals surface area contributed by atoms with Gasteiger partial charge in [-0.3, -0.25) is 9.78 Å². The van der Waals surface area contributed by atoms with Gasteiger partial charge >= 0.3 is 0 Å². The molecule has 0 spiro atoms. The largest absolute Gasteiger partial charge is 0.367 e. The van der Waals surface area contributed by atoms with Crippen molar-refractivity contribution < 1.29 is 4.79 Å². The minimum absolute atomic E-state index is 0.182. The van der Waals surface area contributed by atoms with Crippen molar-refractivity contribution in [3.63, 3.8) is 0 Å². The van der Waals surface area contributed by atoms with Crippen LogP contribution in [-0.2, 0) is 4.79 Å². The molecule has 0 aliphatic carbocycles. The van der Waals surface area contributed by atoms with E-state index in [1.807, 2.05) is 49.9 Å². The van der Waals surface area contributed by atoms with Gasteiger partial charge < -0.3 is 10.2 Å². The first kappa shape index (κ1) is 16.4. The molecule has 3 aromatic heterocycles. The maximum atomic E-state index is 12.4. The minimum atomic E-state index is -0.389. The third kappa shape index (κ3) is 2.67. The topological polar surface area (TPSA) is 88.3 Å². The number of β-lactam (4-membered cyclic amide) rings is 1. The molecule has 1 N–H and O–H groups in total. The Kier molecular flexibility index (Phi) is 3.82. The maximum Gasteiger partial charge on any atom is 0.232 e. The lowest BCUT2D eigenvalue weighted by Crippen LogP contribution is -2.64. The molecule has 1 amide bonds. The van der Waals surface area contributed by atoms with Crippen LogP contribution in [0.25, 0.3) is 17.0 Å². The van der Waals surface area contributed by atoms with Gasteiger partial charge in [0.1, 0.15) is 5.82 Å². The standard InChI is InChI=1S/C18H21N7O/c1-12(2)24-11-18(3,17(24)26)10-20-14-6-7-15-21-22-16(25(15)23-14)13-5-4-8-19-9-13/h4-9,12H,10-11H2,1-3H3,(H,20,23). The number of nitrogens with zero attached hydrogens (tertiary/aromatic N) is 6. The van der Waals surface area contributed by atoms with Gasteiger partial charge in [0.25, 0.3) is 0 Å². The number of hydrogen-bond acceptors (Lipinski definition) is 6. The summed E-state index contributed by atoms with van der Waals surface area (Å²) in [4.78, 5) is 18.4. The third-order valence-corrected chi connectivity index (χ3v) is 4.76. The van der Waals surface area contributed by atoms with Gasteiger partial charge in [-0.25, -0.2) is 0 Å². The third-order valence-electron chi connectivity index (χ3n) is 4.76. The van der Waals surface area contributed by atoms with Gasteiger partial charge in [0, 0.05) is 37.1 Å². The normalized spacial score (nSPS) is 19.8. The summed E-state index contributed by atoms with van der Waals surface area (Å²) >= 11 is 0. The quantitative estimate of drug-likeness (QED) is 0.706. The summed E-state index contributed by atoms with van der Waals surface area (Å²) < 4.78 is 1.69. The van der Waals surface area contributed by atoms with Gasteiger partial charge in [-0.05, 0) is 45.0 Å². The Hall–Kier alpha value is -3.03. The second kappa shape index (κ2) is 6.05. The van der Waals surface area contributed by atoms with Crippen molar-refractivity contribution >= 4 is 17.4 Å². The Labute approximate surface area is 151 Å². The predicted molar refractivity (Wildman–Crippen MR) is 97.5 cm³/mol. The van der Waals surface area contributed by atoms with Crippen molar-refractivity contribution in [3.8, 4) is 11.4 Å². The first-order valence-electron chi connectivity index (χ1n) is 8.66. The monoisotopic (exact) mass is 351 g/mol. The van der Waals surface area contributed by atoms with E-state index in [0.717, 1.165) is 12.1 Å². The molecular formula is C18H21N7O. The van der Waals surface area contributed by atoms with E-state index in [-0.39, 0.29) is 17.4 Å². The predicted octanol–water partition coefficient (Wildman–Crippen LogP) is 1.86. The Morgan fingerprint density at radius 1 is 1.27 bits per heavy atom. The lowest BCUT2D eigenvalue weighted by atomic mass is 9.79. The fraction of sp³-hybridized carbons (Fsp3) is 0.389. The summed E-state index contributed by atoms with van der Waals surface area (Å²) in [6.07, 6.45) is 3.44. The highest BCUT2D eigenvalue weighted by Crippen LogP contribution is 2.33. The van der Waals surface area contributed by atoms with Gasteiger partial charge in [0.15, 0.2) is 11.5 Å². The van der Waals surface area contributed by atoms with E-state index in [2.05, 4.69) is 25.6 Å². The molecule has 3 aromatic rings. The SMILES string of the molecule is CC(C)N1CC(C)(CNc2ccc3nnc(-c4cccnc4)n3n2)C1=O. The summed E-state index contributed by atoms with van der Waals surface area (Å²) in [6, 6.07) is 7.71. The first-order chi connectivity index (χ1) is 12.5. The van der Waals surface area contributed by atoms with E-state index in [0.29, 0.717) is 23.8 Å². The van der Waals surface area contributed by atoms with Crippen molar-refractivity contribution in [3.05, 3.63) is 36.7 Å².